The summed E-state index contributed by atoms with van der Waals surface area (Å²) in [4.78, 5) is 15.1. The molecule has 5 rings (SSSR count). The molecule has 1 fully saturated rings. The van der Waals surface area contributed by atoms with Crippen molar-refractivity contribution in [1.82, 2.24) is 15.2 Å². The average molecular weight is 741 g/mol. The third kappa shape index (κ3) is 9.31. The maximum Gasteiger partial charge on any atom is 0.387 e. The van der Waals surface area contributed by atoms with Gasteiger partial charge in [-0.1, -0.05) is 46.6 Å². The summed E-state index contributed by atoms with van der Waals surface area (Å²) in [5.41, 5.74) is 6.01. The summed E-state index contributed by atoms with van der Waals surface area (Å²) in [6.07, 6.45) is 8.46. The van der Waals surface area contributed by atoms with E-state index in [9.17, 15) is 13.6 Å². The zero-order chi connectivity index (χ0) is 29.1. The first-order chi connectivity index (χ1) is 19.3. The number of halogens is 4. The molecular weight excluding hydrogens is 717 g/mol. The largest absolute Gasteiger partial charge is 0.496 e. The van der Waals surface area contributed by atoms with Crippen LogP contribution in [0.3, 0.4) is 0 Å². The number of ether oxygens (including phenoxy) is 2. The molecule has 3 aromatic rings. The van der Waals surface area contributed by atoms with E-state index in [2.05, 4.69) is 62.6 Å². The third-order valence-electron chi connectivity index (χ3n) is 5.62. The molecule has 3 unspecified atom stereocenters. The summed E-state index contributed by atoms with van der Waals surface area (Å²) in [5, 5.41) is 9.07. The summed E-state index contributed by atoms with van der Waals surface area (Å²) in [7, 11) is 1.57. The van der Waals surface area contributed by atoms with Crippen LogP contribution in [0.2, 0.25) is 5.15 Å². The standard InChI is InChI=1S/C14H12ClINO2.C12H9F2N2OS.C2H2.Ni/c1-9-3-4-10(8-18)12(6-16-9)11-5-14(15)17-7-13(11)19-2;13-12(14)17-8-3-1-7(2-4-8)9-5-10(9)11-16-15-6-18-11;1-2;/h3-7,9H,1-2H3;1-4,9-10,12H,5H2;1H2;/q2*-1;;. The first-order valence-corrected chi connectivity index (χ1v) is 15.8. The Morgan fingerprint density at radius 2 is 2.05 bits per heavy atom. The van der Waals surface area contributed by atoms with Crippen molar-refractivity contribution in [2.75, 3.05) is 7.11 Å². The molecule has 0 N–H and O–H groups in total. The summed E-state index contributed by atoms with van der Waals surface area (Å²) < 4.78 is 38.3. The molecule has 6 nitrogen and oxygen atoms in total. The van der Waals surface area contributed by atoms with Crippen molar-refractivity contribution in [3.8, 4) is 11.5 Å². The predicted molar refractivity (Wildman–Crippen MR) is 160 cm³/mol. The van der Waals surface area contributed by atoms with E-state index >= 15 is 0 Å². The number of hydrogen-bond donors (Lipinski definition) is 0. The molecule has 0 amide bonds. The fourth-order valence-corrected chi connectivity index (χ4v) is 6.58. The Kier molecular flexibility index (Phi) is 12.9. The summed E-state index contributed by atoms with van der Waals surface area (Å²) in [6, 6.07) is 8.52. The van der Waals surface area contributed by atoms with Gasteiger partial charge in [-0.3, -0.25) is 10.2 Å². The van der Waals surface area contributed by atoms with Gasteiger partial charge < -0.3 is 25.6 Å². The Labute approximate surface area is 257 Å². The van der Waals surface area contributed by atoms with Crippen LogP contribution >= 0.6 is 43.7 Å². The van der Waals surface area contributed by atoms with Gasteiger partial charge in [0.05, 0.1) is 19.6 Å². The van der Waals surface area contributed by atoms with Crippen LogP contribution in [0.4, 0.5) is 8.78 Å². The Morgan fingerprint density at radius 1 is 1.32 bits per heavy atom. The molecular formula is C28H23ClF2IN3NiO3S-2. The Bertz CT molecular complexity index is 1410. The van der Waals surface area contributed by atoms with Crippen LogP contribution in [0.5, 0.6) is 11.5 Å². The van der Waals surface area contributed by atoms with Gasteiger partial charge in [0, 0.05) is 3.92 Å². The molecule has 2 aromatic heterocycles. The van der Waals surface area contributed by atoms with Gasteiger partial charge >= 0.3 is 32.9 Å². The summed E-state index contributed by atoms with van der Waals surface area (Å²) >= 11 is 11.0. The van der Waals surface area contributed by atoms with Crippen molar-refractivity contribution < 1.29 is 38.1 Å². The van der Waals surface area contributed by atoms with Crippen LogP contribution in [-0.2, 0) is 19.8 Å². The first-order valence-electron chi connectivity index (χ1n) is 11.6. The van der Waals surface area contributed by atoms with Crippen LogP contribution in [0.25, 0.3) is 5.57 Å². The van der Waals surface area contributed by atoms with Crippen molar-refractivity contribution in [1.29, 1.82) is 0 Å². The maximum absolute atomic E-state index is 12.0. The molecule has 1 aliphatic heterocycles. The molecule has 0 bridgehead atoms. The number of hydrogen-bond acceptors (Lipinski definition) is 7. The minimum atomic E-state index is -2.78. The number of rotatable bonds is 7. The van der Waals surface area contributed by atoms with E-state index in [1.165, 1.54) is 11.3 Å². The number of pyridine rings is 1. The van der Waals surface area contributed by atoms with E-state index in [0.29, 0.717) is 32.2 Å². The van der Waals surface area contributed by atoms with Gasteiger partial charge in [-0.2, -0.15) is 14.9 Å². The molecule has 12 heteroatoms. The fraction of sp³-hybridized carbons (Fsp3) is 0.250. The van der Waals surface area contributed by atoms with Crippen LogP contribution in [0, 0.1) is 5.51 Å². The molecule has 40 heavy (non-hydrogen) atoms. The van der Waals surface area contributed by atoms with Crippen LogP contribution in [0.1, 0.15) is 41.3 Å². The number of alkyl halides is 3. The molecule has 1 aliphatic carbocycles. The van der Waals surface area contributed by atoms with Crippen molar-refractivity contribution in [3.63, 3.8) is 0 Å². The van der Waals surface area contributed by atoms with Gasteiger partial charge in [0.1, 0.15) is 16.7 Å². The second-order valence-electron chi connectivity index (χ2n) is 8.15. The van der Waals surface area contributed by atoms with Crippen molar-refractivity contribution in [2.24, 2.45) is 0 Å². The molecule has 3 heterocycles. The van der Waals surface area contributed by atoms with Crippen molar-refractivity contribution in [3.05, 3.63) is 87.6 Å². The normalized spacial score (nSPS) is 19.1. The quantitative estimate of drug-likeness (QED) is 0.0887. The predicted octanol–water partition coefficient (Wildman–Crippen LogP) is 6.67. The average Bonchev–Trinajstić information content (AvgIpc) is 3.60. The molecule has 1 aromatic carbocycles. The van der Waals surface area contributed by atoms with Gasteiger partial charge in [0.15, 0.2) is 0 Å². The van der Waals surface area contributed by atoms with Gasteiger partial charge in [0.25, 0.3) is 0 Å². The Balaban J connectivity index is 0.000000201. The monoisotopic (exact) mass is 739 g/mol. The van der Waals surface area contributed by atoms with Crippen LogP contribution in [0.15, 0.2) is 60.8 Å². The van der Waals surface area contributed by atoms with E-state index in [1.807, 2.05) is 30.6 Å². The SMILES string of the molecule is C=[C]=[Ni].COc1cnc(Cl)cc1C1=C([C-]=O)C=CC(C)I=C1.FC(F)Oc1ccc(C2CC2c2nn[c-]s2)cc1. The van der Waals surface area contributed by atoms with E-state index in [0.717, 1.165) is 28.1 Å². The molecule has 0 radical (unpaired) electrons. The first kappa shape index (κ1) is 32.1. The number of nitrogens with zero attached hydrogens (tertiary/aromatic N) is 3. The fourth-order valence-electron chi connectivity index (χ4n) is 3.70. The molecule has 2 aliphatic rings. The van der Waals surface area contributed by atoms with E-state index in [1.54, 1.807) is 31.5 Å². The maximum atomic E-state index is 12.0. The second-order valence-corrected chi connectivity index (χ2v) is 13.0. The Morgan fingerprint density at radius 3 is 2.65 bits per heavy atom. The van der Waals surface area contributed by atoms with Crippen molar-refractivity contribution >= 4 is 64.2 Å². The number of methoxy groups -OCH3 is 1. The topological polar surface area (TPSA) is 74.2 Å². The molecule has 214 valence electrons. The van der Waals surface area contributed by atoms with E-state index < -0.39 is 6.61 Å². The van der Waals surface area contributed by atoms with Crippen molar-refractivity contribution in [2.45, 2.75) is 35.7 Å². The number of allylic oxidation sites excluding steroid dienone is 4. The summed E-state index contributed by atoms with van der Waals surface area (Å²) in [6.45, 7) is 2.43. The molecule has 1 saturated carbocycles. The smallest absolute Gasteiger partial charge is 0.387 e. The second kappa shape index (κ2) is 16.1. The molecule has 3 atom stereocenters. The zero-order valence-corrected chi connectivity index (χ0v) is 25.9. The van der Waals surface area contributed by atoms with Crippen LogP contribution < -0.4 is 9.47 Å². The molecule has 0 saturated heterocycles. The zero-order valence-electron chi connectivity index (χ0n) is 21.2. The van der Waals surface area contributed by atoms with E-state index in [-0.39, 0.29) is 26.5 Å². The Hall–Kier alpha value is -2.43. The van der Waals surface area contributed by atoms with Gasteiger partial charge in [0.2, 0.25) is 0 Å². The number of benzene rings is 1. The number of aromatic nitrogens is 3. The van der Waals surface area contributed by atoms with Gasteiger partial charge in [-0.05, 0) is 46.2 Å². The van der Waals surface area contributed by atoms with E-state index in [4.69, 9.17) is 16.3 Å². The van der Waals surface area contributed by atoms with Gasteiger partial charge in [-0.25, -0.2) is 4.98 Å². The van der Waals surface area contributed by atoms with Crippen LogP contribution in [-0.4, -0.2) is 47.8 Å². The summed E-state index contributed by atoms with van der Waals surface area (Å²) in [5.74, 6) is 1.60. The third-order valence-corrected chi connectivity index (χ3v) is 9.13. The molecule has 0 spiro atoms. The number of carbonyl (C=O) groups excluding carboxylic acids is 1. The minimum absolute atomic E-state index is 0.170. The minimum Gasteiger partial charge on any atom is -0.496 e. The van der Waals surface area contributed by atoms with Gasteiger partial charge in [-0.15, -0.1) is 38.0 Å².